The van der Waals surface area contributed by atoms with Crippen molar-refractivity contribution in [1.82, 2.24) is 14.5 Å². The Morgan fingerprint density at radius 3 is 2.60 bits per heavy atom. The van der Waals surface area contributed by atoms with Gasteiger partial charge in [0.25, 0.3) is 5.56 Å². The van der Waals surface area contributed by atoms with Gasteiger partial charge in [0.05, 0.1) is 36.0 Å². The monoisotopic (exact) mass is 591 g/mol. The summed E-state index contributed by atoms with van der Waals surface area (Å²) in [4.78, 5) is 30.2. The summed E-state index contributed by atoms with van der Waals surface area (Å²) >= 11 is 6.70. The molecular weight excluding hydrogens is 568 g/mol. The molecule has 6 rings (SSSR count). The predicted octanol–water partition coefficient (Wildman–Crippen LogP) is 6.31. The normalized spacial score (nSPS) is 12.9. The van der Waals surface area contributed by atoms with Crippen molar-refractivity contribution >= 4 is 39.5 Å². The van der Waals surface area contributed by atoms with Crippen molar-refractivity contribution in [3.8, 4) is 22.6 Å². The van der Waals surface area contributed by atoms with Crippen molar-refractivity contribution in [2.45, 2.75) is 19.6 Å². The number of fused-ring (bicyclic) bond motifs is 5. The Morgan fingerprint density at radius 2 is 1.88 bits per heavy atom. The van der Waals surface area contributed by atoms with Gasteiger partial charge in [0.2, 0.25) is 0 Å². The van der Waals surface area contributed by atoms with Crippen molar-refractivity contribution in [3.63, 3.8) is 0 Å². The van der Waals surface area contributed by atoms with E-state index in [-0.39, 0.29) is 59.1 Å². The van der Waals surface area contributed by atoms with Crippen LogP contribution < -0.4 is 15.0 Å². The van der Waals surface area contributed by atoms with Gasteiger partial charge in [-0.25, -0.2) is 13.6 Å². The number of pyridine rings is 2. The average molecular weight is 592 g/mol. The second-order valence-corrected chi connectivity index (χ2v) is 10.4. The van der Waals surface area contributed by atoms with E-state index in [1.807, 2.05) is 0 Å². The maximum absolute atomic E-state index is 16.4. The fraction of sp³-hybridized carbons (Fsp3) is 0.194. The molecule has 5 aromatic rings. The van der Waals surface area contributed by atoms with Gasteiger partial charge in [0.1, 0.15) is 29.4 Å². The lowest BCUT2D eigenvalue weighted by Gasteiger charge is -2.28. The SMILES string of the molecule is COc1ccc(COc2cccc(F)c2-c2c(Cl)cc3c(ncc4c3c3c(c(=O)n4C)CN(C(=O)O)CC3)c2F)cc1. The first-order chi connectivity index (χ1) is 20.2. The number of amides is 1. The minimum absolute atomic E-state index is 0.0622. The minimum Gasteiger partial charge on any atom is -0.497 e. The van der Waals surface area contributed by atoms with E-state index in [4.69, 9.17) is 21.1 Å². The Balaban J connectivity index is 1.51. The van der Waals surface area contributed by atoms with Gasteiger partial charge in [-0.1, -0.05) is 29.8 Å². The molecule has 0 saturated heterocycles. The van der Waals surface area contributed by atoms with Crippen LogP contribution in [0.5, 0.6) is 11.5 Å². The molecule has 3 heterocycles. The van der Waals surface area contributed by atoms with Crippen LogP contribution in [0.25, 0.3) is 32.9 Å². The number of ether oxygens (including phenoxy) is 2. The van der Waals surface area contributed by atoms with Gasteiger partial charge in [0, 0.05) is 35.5 Å². The van der Waals surface area contributed by atoms with E-state index in [1.54, 1.807) is 38.4 Å². The lowest BCUT2D eigenvalue weighted by atomic mass is 9.93. The van der Waals surface area contributed by atoms with Gasteiger partial charge in [-0.3, -0.25) is 9.78 Å². The van der Waals surface area contributed by atoms with E-state index in [0.717, 1.165) is 10.5 Å². The molecule has 0 atom stereocenters. The summed E-state index contributed by atoms with van der Waals surface area (Å²) in [5, 5.41) is 10.3. The molecule has 2 aromatic heterocycles. The standard InChI is InChI=1S/C31H24ClF2N3O5/c1-36-23-13-35-29-19(25(23)18-10-11-37(31(39)40)14-20(18)30(36)38)12-21(32)26(28(29)34)27-22(33)4-3-5-24(27)42-15-16-6-8-17(41-2)9-7-16/h3-9,12-13H,10-11,14-15H2,1-2H3,(H,39,40). The predicted molar refractivity (Wildman–Crippen MR) is 154 cm³/mol. The Morgan fingerprint density at radius 1 is 1.12 bits per heavy atom. The molecule has 0 unspecified atom stereocenters. The molecule has 0 spiro atoms. The number of carbonyl (C=O) groups is 1. The van der Waals surface area contributed by atoms with E-state index >= 15 is 8.78 Å². The lowest BCUT2D eigenvalue weighted by Crippen LogP contribution is -2.39. The lowest BCUT2D eigenvalue weighted by molar-refractivity contribution is 0.139. The molecule has 42 heavy (non-hydrogen) atoms. The van der Waals surface area contributed by atoms with Crippen LogP contribution in [0.3, 0.4) is 0 Å². The van der Waals surface area contributed by atoms with Gasteiger partial charge in [-0.05, 0) is 47.9 Å². The second-order valence-electron chi connectivity index (χ2n) is 9.99. The number of aromatic nitrogens is 2. The Hall–Kier alpha value is -4.70. The van der Waals surface area contributed by atoms with Crippen LogP contribution >= 0.6 is 11.6 Å². The molecule has 1 N–H and O–H groups in total. The molecule has 214 valence electrons. The smallest absolute Gasteiger partial charge is 0.407 e. The Labute approximate surface area is 243 Å². The maximum atomic E-state index is 16.4. The van der Waals surface area contributed by atoms with E-state index in [2.05, 4.69) is 4.98 Å². The number of hydrogen-bond donors (Lipinski definition) is 1. The van der Waals surface area contributed by atoms with E-state index in [0.29, 0.717) is 33.2 Å². The largest absolute Gasteiger partial charge is 0.497 e. The van der Waals surface area contributed by atoms with E-state index in [1.165, 1.54) is 35.0 Å². The fourth-order valence-corrected chi connectivity index (χ4v) is 5.80. The Kier molecular flexibility index (Phi) is 6.94. The van der Waals surface area contributed by atoms with Crippen molar-refractivity contribution in [2.75, 3.05) is 13.7 Å². The molecule has 3 aromatic carbocycles. The van der Waals surface area contributed by atoms with Crippen LogP contribution in [0.15, 0.2) is 59.5 Å². The first kappa shape index (κ1) is 27.5. The molecule has 0 aliphatic carbocycles. The molecule has 0 bridgehead atoms. The van der Waals surface area contributed by atoms with Gasteiger partial charge >= 0.3 is 6.09 Å². The highest BCUT2D eigenvalue weighted by atomic mass is 35.5. The molecule has 0 radical (unpaired) electrons. The van der Waals surface area contributed by atoms with E-state index in [9.17, 15) is 14.7 Å². The van der Waals surface area contributed by atoms with Gasteiger partial charge in [-0.15, -0.1) is 0 Å². The molecule has 0 saturated carbocycles. The van der Waals surface area contributed by atoms with Crippen LogP contribution in [0.2, 0.25) is 5.02 Å². The zero-order valence-corrected chi connectivity index (χ0v) is 23.3. The molecule has 8 nitrogen and oxygen atoms in total. The fourth-order valence-electron chi connectivity index (χ4n) is 5.52. The first-order valence-electron chi connectivity index (χ1n) is 13.0. The van der Waals surface area contributed by atoms with Crippen molar-refractivity contribution in [3.05, 3.63) is 98.4 Å². The molecule has 1 aliphatic rings. The molecule has 1 aliphatic heterocycles. The third-order valence-corrected chi connectivity index (χ3v) is 7.95. The first-order valence-corrected chi connectivity index (χ1v) is 13.4. The van der Waals surface area contributed by atoms with Crippen LogP contribution in [0.4, 0.5) is 13.6 Å². The summed E-state index contributed by atoms with van der Waals surface area (Å²) in [6, 6.07) is 12.9. The minimum atomic E-state index is -1.13. The number of nitrogens with zero attached hydrogens (tertiary/aromatic N) is 3. The second kappa shape index (κ2) is 10.6. The number of aryl methyl sites for hydroxylation is 1. The number of carboxylic acid groups (broad SMARTS) is 1. The van der Waals surface area contributed by atoms with Crippen molar-refractivity contribution < 1.29 is 28.2 Å². The maximum Gasteiger partial charge on any atom is 0.407 e. The van der Waals surface area contributed by atoms with Gasteiger partial charge in [0.15, 0.2) is 5.82 Å². The number of methoxy groups -OCH3 is 1. The summed E-state index contributed by atoms with van der Waals surface area (Å²) in [7, 11) is 3.11. The number of hydrogen-bond acceptors (Lipinski definition) is 5. The van der Waals surface area contributed by atoms with Gasteiger partial charge < -0.3 is 24.0 Å². The number of benzene rings is 3. The number of rotatable bonds is 5. The summed E-state index contributed by atoms with van der Waals surface area (Å²) < 4.78 is 44.2. The van der Waals surface area contributed by atoms with Crippen molar-refractivity contribution in [2.24, 2.45) is 7.05 Å². The average Bonchev–Trinajstić information content (AvgIpc) is 2.99. The van der Waals surface area contributed by atoms with E-state index < -0.39 is 17.7 Å². The third kappa shape index (κ3) is 4.48. The molecular formula is C31H24ClF2N3O5. The zero-order chi connectivity index (χ0) is 29.7. The molecule has 1 amide bonds. The zero-order valence-electron chi connectivity index (χ0n) is 22.6. The summed E-state index contributed by atoms with van der Waals surface area (Å²) in [6.07, 6.45) is 0.521. The van der Waals surface area contributed by atoms with Crippen LogP contribution in [0, 0.1) is 11.6 Å². The Bertz CT molecular complexity index is 1960. The molecule has 0 fully saturated rings. The highest BCUT2D eigenvalue weighted by molar-refractivity contribution is 6.35. The summed E-state index contributed by atoms with van der Waals surface area (Å²) in [5.74, 6) is -0.794. The quantitative estimate of drug-likeness (QED) is 0.241. The summed E-state index contributed by atoms with van der Waals surface area (Å²) in [6.45, 7) is 0.173. The topological polar surface area (TPSA) is 93.9 Å². The summed E-state index contributed by atoms with van der Waals surface area (Å²) in [5.41, 5.74) is 1.43. The van der Waals surface area contributed by atoms with Crippen LogP contribution in [-0.4, -0.2) is 39.3 Å². The highest BCUT2D eigenvalue weighted by Crippen LogP contribution is 2.43. The van der Waals surface area contributed by atoms with Crippen LogP contribution in [0.1, 0.15) is 16.7 Å². The van der Waals surface area contributed by atoms with Gasteiger partial charge in [-0.2, -0.15) is 0 Å². The third-order valence-electron chi connectivity index (χ3n) is 7.65. The highest BCUT2D eigenvalue weighted by Gasteiger charge is 2.28. The molecule has 11 heteroatoms. The van der Waals surface area contributed by atoms with Crippen molar-refractivity contribution in [1.29, 1.82) is 0 Å². The number of halogens is 3. The van der Waals surface area contributed by atoms with Crippen LogP contribution in [-0.2, 0) is 26.6 Å².